The zero-order chi connectivity index (χ0) is 21.8. The summed E-state index contributed by atoms with van der Waals surface area (Å²) in [4.78, 5) is 24.1. The Hall–Kier alpha value is -3.40. The fraction of sp³-hybridized carbons (Fsp3) is 0.259. The molecular weight excluding hydrogens is 388 g/mol. The van der Waals surface area contributed by atoms with Crippen LogP contribution in [0.1, 0.15) is 64.4 Å². The van der Waals surface area contributed by atoms with Gasteiger partial charge in [-0.15, -0.1) is 0 Å². The molecule has 4 heteroatoms. The maximum absolute atomic E-state index is 12.5. The van der Waals surface area contributed by atoms with Gasteiger partial charge in [0.15, 0.2) is 5.78 Å². The molecule has 4 nitrogen and oxygen atoms in total. The standard InChI is InChI=1S/C27H26O4/c1-19(28)20-6-5-7-21(18-20)26(29)31-25-14-10-23(11-15-25)27(16-3-4-17-27)22-8-12-24(30-2)13-9-22/h5-15,18H,3-4,16-17H2,1-2H3. The van der Waals surface area contributed by atoms with Crippen molar-refractivity contribution in [1.29, 1.82) is 0 Å². The lowest BCUT2D eigenvalue weighted by Crippen LogP contribution is -2.23. The lowest BCUT2D eigenvalue weighted by molar-refractivity contribution is 0.0734. The number of rotatable bonds is 6. The number of ether oxygens (including phenoxy) is 2. The molecule has 1 fully saturated rings. The summed E-state index contributed by atoms with van der Waals surface area (Å²) in [5.74, 6) is 0.791. The predicted molar refractivity (Wildman–Crippen MR) is 120 cm³/mol. The van der Waals surface area contributed by atoms with Crippen molar-refractivity contribution >= 4 is 11.8 Å². The van der Waals surface area contributed by atoms with Crippen LogP contribution in [0.15, 0.2) is 72.8 Å². The lowest BCUT2D eigenvalue weighted by atomic mass is 9.73. The fourth-order valence-electron chi connectivity index (χ4n) is 4.51. The molecule has 0 aromatic heterocycles. The summed E-state index contributed by atoms with van der Waals surface area (Å²) in [6.07, 6.45) is 4.57. The van der Waals surface area contributed by atoms with Crippen LogP contribution in [-0.4, -0.2) is 18.9 Å². The fourth-order valence-corrected chi connectivity index (χ4v) is 4.51. The number of ketones is 1. The molecule has 0 unspecified atom stereocenters. The van der Waals surface area contributed by atoms with Crippen molar-refractivity contribution in [2.24, 2.45) is 0 Å². The van der Waals surface area contributed by atoms with Crippen LogP contribution in [-0.2, 0) is 5.41 Å². The monoisotopic (exact) mass is 414 g/mol. The Labute approximate surface area is 182 Å². The summed E-state index contributed by atoms with van der Waals surface area (Å²) in [6.45, 7) is 1.48. The molecule has 0 amide bonds. The second-order valence-corrected chi connectivity index (χ2v) is 8.07. The third kappa shape index (κ3) is 4.24. The summed E-state index contributed by atoms with van der Waals surface area (Å²) in [6, 6.07) is 22.8. The molecule has 0 spiro atoms. The first-order chi connectivity index (χ1) is 15.0. The Morgan fingerprint density at radius 1 is 0.774 bits per heavy atom. The Morgan fingerprint density at radius 2 is 1.32 bits per heavy atom. The van der Waals surface area contributed by atoms with Gasteiger partial charge in [-0.1, -0.05) is 49.2 Å². The molecule has 0 heterocycles. The van der Waals surface area contributed by atoms with Crippen LogP contribution in [0.4, 0.5) is 0 Å². The van der Waals surface area contributed by atoms with E-state index >= 15 is 0 Å². The zero-order valence-corrected chi connectivity index (χ0v) is 17.9. The topological polar surface area (TPSA) is 52.6 Å². The highest BCUT2D eigenvalue weighted by Crippen LogP contribution is 2.47. The van der Waals surface area contributed by atoms with Gasteiger partial charge in [-0.25, -0.2) is 4.79 Å². The summed E-state index contributed by atoms with van der Waals surface area (Å²) in [5.41, 5.74) is 3.35. The average Bonchev–Trinajstić information content (AvgIpc) is 3.31. The molecule has 0 aliphatic heterocycles. The molecule has 0 bridgehead atoms. The van der Waals surface area contributed by atoms with Crippen molar-refractivity contribution in [2.75, 3.05) is 7.11 Å². The van der Waals surface area contributed by atoms with E-state index in [-0.39, 0.29) is 11.2 Å². The van der Waals surface area contributed by atoms with Crippen LogP contribution in [0.2, 0.25) is 0 Å². The first-order valence-corrected chi connectivity index (χ1v) is 10.6. The Balaban J connectivity index is 1.55. The number of benzene rings is 3. The average molecular weight is 415 g/mol. The van der Waals surface area contributed by atoms with Gasteiger partial charge >= 0.3 is 5.97 Å². The van der Waals surface area contributed by atoms with Gasteiger partial charge in [-0.3, -0.25) is 4.79 Å². The number of carbonyl (C=O) groups is 2. The second-order valence-electron chi connectivity index (χ2n) is 8.07. The number of hydrogen-bond donors (Lipinski definition) is 0. The van der Waals surface area contributed by atoms with E-state index in [4.69, 9.17) is 9.47 Å². The van der Waals surface area contributed by atoms with E-state index in [1.54, 1.807) is 31.4 Å². The van der Waals surface area contributed by atoms with E-state index in [2.05, 4.69) is 24.3 Å². The molecule has 0 saturated heterocycles. The molecule has 3 aromatic rings. The number of esters is 1. The number of Topliss-reactive ketones (excluding diaryl/α,β-unsaturated/α-hetero) is 1. The van der Waals surface area contributed by atoms with Crippen LogP contribution in [0.5, 0.6) is 11.5 Å². The molecule has 4 rings (SSSR count). The largest absolute Gasteiger partial charge is 0.497 e. The Kier molecular flexibility index (Phi) is 5.90. The first-order valence-electron chi connectivity index (χ1n) is 10.6. The molecule has 1 aliphatic rings. The molecule has 0 atom stereocenters. The summed E-state index contributed by atoms with van der Waals surface area (Å²) in [5, 5.41) is 0. The van der Waals surface area contributed by atoms with Crippen molar-refractivity contribution in [3.8, 4) is 11.5 Å². The van der Waals surface area contributed by atoms with E-state index in [9.17, 15) is 9.59 Å². The number of hydrogen-bond acceptors (Lipinski definition) is 4. The molecule has 158 valence electrons. The number of methoxy groups -OCH3 is 1. The summed E-state index contributed by atoms with van der Waals surface area (Å²) in [7, 11) is 1.68. The molecule has 3 aromatic carbocycles. The van der Waals surface area contributed by atoms with Crippen molar-refractivity contribution in [3.05, 3.63) is 95.1 Å². The van der Waals surface area contributed by atoms with Gasteiger partial charge in [-0.05, 0) is 67.3 Å². The minimum absolute atomic E-state index is 0.0232. The van der Waals surface area contributed by atoms with Crippen LogP contribution < -0.4 is 9.47 Å². The highest BCUT2D eigenvalue weighted by molar-refractivity contribution is 5.98. The minimum Gasteiger partial charge on any atom is -0.497 e. The normalized spacial score (nSPS) is 14.8. The zero-order valence-electron chi connectivity index (χ0n) is 17.9. The summed E-state index contributed by atoms with van der Waals surface area (Å²) >= 11 is 0. The van der Waals surface area contributed by atoms with Crippen LogP contribution >= 0.6 is 0 Å². The molecular formula is C27H26O4. The van der Waals surface area contributed by atoms with Crippen molar-refractivity contribution < 1.29 is 19.1 Å². The van der Waals surface area contributed by atoms with Gasteiger partial charge in [0.05, 0.1) is 12.7 Å². The third-order valence-corrected chi connectivity index (χ3v) is 6.22. The van der Waals surface area contributed by atoms with Gasteiger partial charge in [-0.2, -0.15) is 0 Å². The Bertz CT molecular complexity index is 1070. The molecule has 0 radical (unpaired) electrons. The smallest absolute Gasteiger partial charge is 0.343 e. The lowest BCUT2D eigenvalue weighted by Gasteiger charge is -2.30. The second kappa shape index (κ2) is 8.76. The third-order valence-electron chi connectivity index (χ3n) is 6.22. The van der Waals surface area contributed by atoms with E-state index < -0.39 is 5.97 Å². The van der Waals surface area contributed by atoms with Crippen molar-refractivity contribution in [2.45, 2.75) is 38.0 Å². The van der Waals surface area contributed by atoms with E-state index in [0.717, 1.165) is 18.6 Å². The van der Waals surface area contributed by atoms with Gasteiger partial charge in [0.1, 0.15) is 11.5 Å². The van der Waals surface area contributed by atoms with E-state index in [1.165, 1.54) is 30.9 Å². The van der Waals surface area contributed by atoms with Gasteiger partial charge in [0.2, 0.25) is 0 Å². The molecule has 1 aliphatic carbocycles. The van der Waals surface area contributed by atoms with Gasteiger partial charge in [0.25, 0.3) is 0 Å². The molecule has 1 saturated carbocycles. The first kappa shape index (κ1) is 20.9. The molecule has 31 heavy (non-hydrogen) atoms. The van der Waals surface area contributed by atoms with Crippen LogP contribution in [0, 0.1) is 0 Å². The van der Waals surface area contributed by atoms with Crippen LogP contribution in [0.3, 0.4) is 0 Å². The van der Waals surface area contributed by atoms with Gasteiger partial charge in [0, 0.05) is 11.0 Å². The minimum atomic E-state index is -0.471. The van der Waals surface area contributed by atoms with Crippen molar-refractivity contribution in [1.82, 2.24) is 0 Å². The van der Waals surface area contributed by atoms with Crippen molar-refractivity contribution in [3.63, 3.8) is 0 Å². The maximum Gasteiger partial charge on any atom is 0.343 e. The quantitative estimate of drug-likeness (QED) is 0.283. The van der Waals surface area contributed by atoms with Crippen LogP contribution in [0.25, 0.3) is 0 Å². The highest BCUT2D eigenvalue weighted by Gasteiger charge is 2.37. The predicted octanol–water partition coefficient (Wildman–Crippen LogP) is 5.98. The van der Waals surface area contributed by atoms with Gasteiger partial charge < -0.3 is 9.47 Å². The highest BCUT2D eigenvalue weighted by atomic mass is 16.5. The SMILES string of the molecule is COc1ccc(C2(c3ccc(OC(=O)c4cccc(C(C)=O)c4)cc3)CCCC2)cc1. The molecule has 0 N–H and O–H groups in total. The summed E-state index contributed by atoms with van der Waals surface area (Å²) < 4.78 is 10.9. The van der Waals surface area contributed by atoms with E-state index in [1.807, 2.05) is 24.3 Å². The number of carbonyl (C=O) groups excluding carboxylic acids is 2. The van der Waals surface area contributed by atoms with E-state index in [0.29, 0.717) is 16.9 Å². The Morgan fingerprint density at radius 3 is 1.87 bits per heavy atom. The maximum atomic E-state index is 12.5.